The number of nitrogens with zero attached hydrogens (tertiary/aromatic N) is 1. The van der Waals surface area contributed by atoms with Crippen LogP contribution >= 0.6 is 0 Å². The van der Waals surface area contributed by atoms with Gasteiger partial charge in [0, 0.05) is 12.3 Å². The summed E-state index contributed by atoms with van der Waals surface area (Å²) >= 11 is 0. The highest BCUT2D eigenvalue weighted by molar-refractivity contribution is 5.35. The molecule has 0 saturated carbocycles. The van der Waals surface area contributed by atoms with Gasteiger partial charge in [0.15, 0.2) is 0 Å². The summed E-state index contributed by atoms with van der Waals surface area (Å²) < 4.78 is 7.36. The molecular formula is C15H17NO2. The molecule has 94 valence electrons. The van der Waals surface area contributed by atoms with E-state index in [9.17, 15) is 4.79 Å². The Morgan fingerprint density at radius 2 is 2.00 bits per heavy atom. The second-order valence-corrected chi connectivity index (χ2v) is 4.35. The molecule has 2 aromatic rings. The van der Waals surface area contributed by atoms with Gasteiger partial charge in [-0.3, -0.25) is 4.79 Å². The molecule has 1 aromatic carbocycles. The van der Waals surface area contributed by atoms with E-state index in [1.165, 1.54) is 5.56 Å². The van der Waals surface area contributed by atoms with Crippen molar-refractivity contribution < 1.29 is 4.74 Å². The smallest absolute Gasteiger partial charge is 0.250 e. The van der Waals surface area contributed by atoms with E-state index in [-0.39, 0.29) is 5.56 Å². The molecule has 0 unspecified atom stereocenters. The lowest BCUT2D eigenvalue weighted by Crippen LogP contribution is -2.21. The van der Waals surface area contributed by atoms with E-state index in [0.29, 0.717) is 13.2 Å². The van der Waals surface area contributed by atoms with E-state index in [2.05, 4.69) is 6.07 Å². The largest absolute Gasteiger partial charge is 0.491 e. The molecule has 0 radical (unpaired) electrons. The Morgan fingerprint density at radius 3 is 2.78 bits per heavy atom. The predicted octanol–water partition coefficient (Wildman–Crippen LogP) is 2.54. The lowest BCUT2D eigenvalue weighted by atomic mass is 10.1. The molecule has 2 rings (SSSR count). The Kier molecular flexibility index (Phi) is 3.82. The van der Waals surface area contributed by atoms with Crippen LogP contribution in [-0.4, -0.2) is 11.2 Å². The molecule has 0 saturated heterocycles. The van der Waals surface area contributed by atoms with Crippen LogP contribution < -0.4 is 10.3 Å². The maximum atomic E-state index is 11.5. The SMILES string of the molecule is Cc1ccc(C)c(OCCn2ccccc2=O)c1. The minimum Gasteiger partial charge on any atom is -0.491 e. The number of hydrogen-bond acceptors (Lipinski definition) is 2. The fraction of sp³-hybridized carbons (Fsp3) is 0.267. The second kappa shape index (κ2) is 5.54. The van der Waals surface area contributed by atoms with E-state index in [1.54, 1.807) is 22.9 Å². The van der Waals surface area contributed by atoms with Crippen LogP contribution in [-0.2, 0) is 6.54 Å². The number of hydrogen-bond donors (Lipinski definition) is 0. The molecule has 0 bridgehead atoms. The quantitative estimate of drug-likeness (QED) is 0.826. The van der Waals surface area contributed by atoms with Crippen molar-refractivity contribution >= 4 is 0 Å². The van der Waals surface area contributed by atoms with Crippen LogP contribution in [0, 0.1) is 13.8 Å². The molecular weight excluding hydrogens is 226 g/mol. The van der Waals surface area contributed by atoms with Gasteiger partial charge in [0.2, 0.25) is 0 Å². The summed E-state index contributed by atoms with van der Waals surface area (Å²) in [5.41, 5.74) is 2.29. The Labute approximate surface area is 107 Å². The van der Waals surface area contributed by atoms with Gasteiger partial charge in [-0.25, -0.2) is 0 Å². The van der Waals surface area contributed by atoms with Gasteiger partial charge in [-0.1, -0.05) is 18.2 Å². The van der Waals surface area contributed by atoms with Gasteiger partial charge in [0.1, 0.15) is 12.4 Å². The van der Waals surface area contributed by atoms with Gasteiger partial charge in [0.25, 0.3) is 5.56 Å². The van der Waals surface area contributed by atoms with Crippen molar-refractivity contribution in [1.82, 2.24) is 4.57 Å². The zero-order valence-corrected chi connectivity index (χ0v) is 10.7. The minimum absolute atomic E-state index is 0.00191. The number of pyridine rings is 1. The van der Waals surface area contributed by atoms with Crippen molar-refractivity contribution in [3.63, 3.8) is 0 Å². The number of rotatable bonds is 4. The van der Waals surface area contributed by atoms with Crippen LogP contribution in [0.2, 0.25) is 0 Å². The molecule has 0 aliphatic rings. The number of ether oxygens (including phenoxy) is 1. The van der Waals surface area contributed by atoms with Gasteiger partial charge in [-0.05, 0) is 37.1 Å². The molecule has 18 heavy (non-hydrogen) atoms. The molecule has 0 N–H and O–H groups in total. The first-order valence-electron chi connectivity index (χ1n) is 6.02. The van der Waals surface area contributed by atoms with E-state index in [4.69, 9.17) is 4.74 Å². The molecule has 0 aliphatic carbocycles. The zero-order chi connectivity index (χ0) is 13.0. The molecule has 0 atom stereocenters. The Balaban J connectivity index is 1.99. The lowest BCUT2D eigenvalue weighted by Gasteiger charge is -2.10. The fourth-order valence-electron chi connectivity index (χ4n) is 1.76. The summed E-state index contributed by atoms with van der Waals surface area (Å²) in [5, 5.41) is 0. The number of aryl methyl sites for hydroxylation is 2. The highest BCUT2D eigenvalue weighted by atomic mass is 16.5. The average molecular weight is 243 g/mol. The van der Waals surface area contributed by atoms with Crippen molar-refractivity contribution in [1.29, 1.82) is 0 Å². The summed E-state index contributed by atoms with van der Waals surface area (Å²) in [6, 6.07) is 11.3. The zero-order valence-electron chi connectivity index (χ0n) is 10.7. The maximum absolute atomic E-state index is 11.5. The monoisotopic (exact) mass is 243 g/mol. The van der Waals surface area contributed by atoms with E-state index in [1.807, 2.05) is 32.0 Å². The molecule has 3 heteroatoms. The highest BCUT2D eigenvalue weighted by Crippen LogP contribution is 2.18. The normalized spacial score (nSPS) is 10.3. The third-order valence-corrected chi connectivity index (χ3v) is 2.83. The van der Waals surface area contributed by atoms with Crippen molar-refractivity contribution in [3.05, 3.63) is 64.1 Å². The minimum atomic E-state index is 0.00191. The van der Waals surface area contributed by atoms with Gasteiger partial charge >= 0.3 is 0 Å². The molecule has 1 heterocycles. The summed E-state index contributed by atoms with van der Waals surface area (Å²) in [4.78, 5) is 11.5. The van der Waals surface area contributed by atoms with Crippen LogP contribution in [0.5, 0.6) is 5.75 Å². The van der Waals surface area contributed by atoms with Crippen LogP contribution in [0.3, 0.4) is 0 Å². The first-order valence-corrected chi connectivity index (χ1v) is 6.02. The highest BCUT2D eigenvalue weighted by Gasteiger charge is 2.00. The second-order valence-electron chi connectivity index (χ2n) is 4.35. The Morgan fingerprint density at radius 1 is 1.17 bits per heavy atom. The van der Waals surface area contributed by atoms with Gasteiger partial charge in [0.05, 0.1) is 6.54 Å². The number of benzene rings is 1. The van der Waals surface area contributed by atoms with Crippen LogP contribution in [0.15, 0.2) is 47.4 Å². The molecule has 0 aliphatic heterocycles. The Bertz CT molecular complexity index is 587. The molecule has 0 spiro atoms. The Hall–Kier alpha value is -2.03. The van der Waals surface area contributed by atoms with E-state index >= 15 is 0 Å². The first kappa shape index (κ1) is 12.4. The summed E-state index contributed by atoms with van der Waals surface area (Å²) in [5.74, 6) is 0.888. The van der Waals surface area contributed by atoms with E-state index in [0.717, 1.165) is 11.3 Å². The predicted molar refractivity (Wildman–Crippen MR) is 72.1 cm³/mol. The van der Waals surface area contributed by atoms with Crippen molar-refractivity contribution in [2.75, 3.05) is 6.61 Å². The average Bonchev–Trinajstić information content (AvgIpc) is 2.36. The fourth-order valence-corrected chi connectivity index (χ4v) is 1.76. The third-order valence-electron chi connectivity index (χ3n) is 2.83. The first-order chi connectivity index (χ1) is 8.66. The van der Waals surface area contributed by atoms with Gasteiger partial charge < -0.3 is 9.30 Å². The molecule has 0 amide bonds. The van der Waals surface area contributed by atoms with Gasteiger partial charge in [-0.15, -0.1) is 0 Å². The summed E-state index contributed by atoms with van der Waals surface area (Å²) in [6.45, 7) is 5.11. The summed E-state index contributed by atoms with van der Waals surface area (Å²) in [7, 11) is 0. The van der Waals surface area contributed by atoms with Crippen LogP contribution in [0.1, 0.15) is 11.1 Å². The lowest BCUT2D eigenvalue weighted by molar-refractivity contribution is 0.294. The summed E-state index contributed by atoms with van der Waals surface area (Å²) in [6.07, 6.45) is 1.77. The van der Waals surface area contributed by atoms with E-state index < -0.39 is 0 Å². The van der Waals surface area contributed by atoms with Crippen molar-refractivity contribution in [2.24, 2.45) is 0 Å². The maximum Gasteiger partial charge on any atom is 0.250 e. The molecule has 1 aromatic heterocycles. The van der Waals surface area contributed by atoms with Crippen LogP contribution in [0.25, 0.3) is 0 Å². The van der Waals surface area contributed by atoms with Crippen molar-refractivity contribution in [3.8, 4) is 5.75 Å². The topological polar surface area (TPSA) is 31.2 Å². The van der Waals surface area contributed by atoms with Crippen LogP contribution in [0.4, 0.5) is 0 Å². The molecule has 3 nitrogen and oxygen atoms in total. The van der Waals surface area contributed by atoms with Crippen molar-refractivity contribution in [2.45, 2.75) is 20.4 Å². The standard InChI is InChI=1S/C15H17NO2/c1-12-6-7-13(2)14(11-12)18-10-9-16-8-4-3-5-15(16)17/h3-8,11H,9-10H2,1-2H3. The molecule has 0 fully saturated rings. The third kappa shape index (κ3) is 3.00. The van der Waals surface area contributed by atoms with Gasteiger partial charge in [-0.2, -0.15) is 0 Å². The number of aromatic nitrogens is 1.